The number of amides is 1. The minimum absolute atomic E-state index is 0.112. The summed E-state index contributed by atoms with van der Waals surface area (Å²) >= 11 is 2.22. The molecule has 0 bridgehead atoms. The lowest BCUT2D eigenvalue weighted by Crippen LogP contribution is -2.33. The highest BCUT2D eigenvalue weighted by Crippen LogP contribution is 2.15. The molecule has 0 atom stereocenters. The van der Waals surface area contributed by atoms with Crippen LogP contribution in [0.1, 0.15) is 56.3 Å². The van der Waals surface area contributed by atoms with Crippen molar-refractivity contribution in [3.8, 4) is 0 Å². The number of nitrogens with zero attached hydrogens (tertiary/aromatic N) is 1. The number of carbonyl (C=O) groups excluding carboxylic acids is 2. The van der Waals surface area contributed by atoms with Crippen LogP contribution in [0.5, 0.6) is 0 Å². The number of carbonyl (C=O) groups is 2. The van der Waals surface area contributed by atoms with Crippen LogP contribution in [0.4, 0.5) is 0 Å². The molecule has 5 heteroatoms. The Bertz CT molecular complexity index is 572. The number of hydrogen-bond donors (Lipinski definition) is 0. The zero-order chi connectivity index (χ0) is 18.5. The van der Waals surface area contributed by atoms with Crippen molar-refractivity contribution in [1.82, 2.24) is 4.90 Å². The summed E-state index contributed by atoms with van der Waals surface area (Å²) in [5.74, 6) is -0.179. The molecule has 0 unspecified atom stereocenters. The predicted octanol–water partition coefficient (Wildman–Crippen LogP) is 4.82. The summed E-state index contributed by atoms with van der Waals surface area (Å²) in [4.78, 5) is 26.0. The molecule has 4 nitrogen and oxygen atoms in total. The van der Waals surface area contributed by atoms with E-state index in [1.54, 1.807) is 6.92 Å². The molecule has 0 saturated heterocycles. The lowest BCUT2D eigenvalue weighted by molar-refractivity contribution is -0.137. The minimum Gasteiger partial charge on any atom is -0.463 e. The number of benzene rings is 1. The first kappa shape index (κ1) is 21.7. The van der Waals surface area contributed by atoms with E-state index in [0.717, 1.165) is 54.3 Å². The summed E-state index contributed by atoms with van der Waals surface area (Å²) in [5, 5.41) is 0. The molecule has 138 valence electrons. The maximum Gasteiger partial charge on any atom is 0.330 e. The summed E-state index contributed by atoms with van der Waals surface area (Å²) in [6.07, 6.45) is 8.09. The lowest BCUT2D eigenvalue weighted by Gasteiger charge is -2.23. The summed E-state index contributed by atoms with van der Waals surface area (Å²) in [6.45, 7) is 5.86. The van der Waals surface area contributed by atoms with Crippen molar-refractivity contribution in [1.29, 1.82) is 0 Å². The van der Waals surface area contributed by atoms with E-state index in [4.69, 9.17) is 4.74 Å². The number of ether oxygens (including phenoxy) is 1. The van der Waals surface area contributed by atoms with E-state index in [1.807, 2.05) is 35.2 Å². The molecule has 25 heavy (non-hydrogen) atoms. The molecule has 0 saturated carbocycles. The molecule has 1 aromatic carbocycles. The third kappa shape index (κ3) is 8.52. The van der Waals surface area contributed by atoms with Gasteiger partial charge in [-0.3, -0.25) is 4.79 Å². The number of unbranched alkanes of at least 4 members (excludes halogenated alkanes) is 3. The van der Waals surface area contributed by atoms with Crippen molar-refractivity contribution in [3.05, 3.63) is 45.6 Å². The van der Waals surface area contributed by atoms with Crippen LogP contribution < -0.4 is 0 Å². The van der Waals surface area contributed by atoms with Crippen molar-refractivity contribution < 1.29 is 14.3 Å². The molecule has 0 spiro atoms. The number of halogens is 1. The standard InChI is InChI=1S/C20H28INO3/c1-3-5-15-22(20(24)17-12-9-10-13-18(17)21)16-11-7-6-8-14-19(23)25-4-2/h8-10,12-14H,3-7,11,15-16H2,1-2H3/b14-8+. The molecule has 0 aliphatic heterocycles. The first-order chi connectivity index (χ1) is 12.1. The van der Waals surface area contributed by atoms with Gasteiger partial charge in [0.05, 0.1) is 12.2 Å². The van der Waals surface area contributed by atoms with E-state index in [9.17, 15) is 9.59 Å². The van der Waals surface area contributed by atoms with Gasteiger partial charge in [-0.05, 0) is 67.3 Å². The molecule has 0 N–H and O–H groups in total. The third-order valence-corrected chi connectivity index (χ3v) is 4.70. The van der Waals surface area contributed by atoms with Gasteiger partial charge in [-0.1, -0.05) is 31.6 Å². The van der Waals surface area contributed by atoms with Gasteiger partial charge in [-0.15, -0.1) is 0 Å². The average Bonchev–Trinajstić information content (AvgIpc) is 2.60. The van der Waals surface area contributed by atoms with E-state index in [1.165, 1.54) is 6.08 Å². The molecule has 0 radical (unpaired) electrons. The summed E-state index contributed by atoms with van der Waals surface area (Å²) in [7, 11) is 0. The number of rotatable bonds is 11. The van der Waals surface area contributed by atoms with Crippen molar-refractivity contribution in [2.24, 2.45) is 0 Å². The Balaban J connectivity index is 2.49. The highest BCUT2D eigenvalue weighted by Gasteiger charge is 2.16. The second-order valence-electron chi connectivity index (χ2n) is 5.78. The molecule has 0 fully saturated rings. The Hall–Kier alpha value is -1.37. The van der Waals surface area contributed by atoms with E-state index in [2.05, 4.69) is 29.5 Å². The Labute approximate surface area is 164 Å². The fraction of sp³-hybridized carbons (Fsp3) is 0.500. The van der Waals surface area contributed by atoms with Crippen molar-refractivity contribution in [2.75, 3.05) is 19.7 Å². The van der Waals surface area contributed by atoms with Gasteiger partial charge in [0.25, 0.3) is 5.91 Å². The van der Waals surface area contributed by atoms with Crippen LogP contribution in [0, 0.1) is 3.57 Å². The summed E-state index contributed by atoms with van der Waals surface area (Å²) in [5.41, 5.74) is 0.779. The second kappa shape index (κ2) is 12.9. The monoisotopic (exact) mass is 457 g/mol. The molecule has 1 amide bonds. The zero-order valence-corrected chi connectivity index (χ0v) is 17.3. The number of hydrogen-bond acceptors (Lipinski definition) is 3. The molecule has 0 aliphatic rings. The topological polar surface area (TPSA) is 46.6 Å². The van der Waals surface area contributed by atoms with Gasteiger partial charge < -0.3 is 9.64 Å². The molecular weight excluding hydrogens is 429 g/mol. The molecule has 0 aliphatic carbocycles. The molecule has 0 aromatic heterocycles. The van der Waals surface area contributed by atoms with E-state index >= 15 is 0 Å². The fourth-order valence-electron chi connectivity index (χ4n) is 2.40. The van der Waals surface area contributed by atoms with E-state index in [-0.39, 0.29) is 11.9 Å². The first-order valence-electron chi connectivity index (χ1n) is 8.97. The zero-order valence-electron chi connectivity index (χ0n) is 15.2. The maximum atomic E-state index is 12.8. The first-order valence-corrected chi connectivity index (χ1v) is 10.0. The Morgan fingerprint density at radius 1 is 1.12 bits per heavy atom. The predicted molar refractivity (Wildman–Crippen MR) is 110 cm³/mol. The van der Waals surface area contributed by atoms with Crippen LogP contribution in [-0.2, 0) is 9.53 Å². The van der Waals surface area contributed by atoms with Crippen LogP contribution in [0.15, 0.2) is 36.4 Å². The van der Waals surface area contributed by atoms with Gasteiger partial charge in [0.1, 0.15) is 0 Å². The maximum absolute atomic E-state index is 12.8. The van der Waals surface area contributed by atoms with Crippen molar-refractivity contribution in [2.45, 2.75) is 46.0 Å². The van der Waals surface area contributed by atoms with Gasteiger partial charge >= 0.3 is 5.97 Å². The SMILES string of the molecule is CCCCN(CCCC/C=C/C(=O)OCC)C(=O)c1ccccc1I. The van der Waals surface area contributed by atoms with Gasteiger partial charge in [-0.2, -0.15) is 0 Å². The largest absolute Gasteiger partial charge is 0.463 e. The third-order valence-electron chi connectivity index (χ3n) is 3.76. The molecule has 0 heterocycles. The molecule has 1 rings (SSSR count). The normalized spacial score (nSPS) is 10.8. The lowest BCUT2D eigenvalue weighted by atomic mass is 10.1. The number of esters is 1. The van der Waals surface area contributed by atoms with Crippen LogP contribution in [0.2, 0.25) is 0 Å². The fourth-order valence-corrected chi connectivity index (χ4v) is 3.02. The smallest absolute Gasteiger partial charge is 0.330 e. The van der Waals surface area contributed by atoms with Crippen LogP contribution in [0.3, 0.4) is 0 Å². The minimum atomic E-state index is -0.291. The average molecular weight is 457 g/mol. The van der Waals surface area contributed by atoms with Crippen LogP contribution in [-0.4, -0.2) is 36.5 Å². The van der Waals surface area contributed by atoms with Crippen molar-refractivity contribution in [3.63, 3.8) is 0 Å². The highest BCUT2D eigenvalue weighted by atomic mass is 127. The number of allylic oxidation sites excluding steroid dienone is 1. The van der Waals surface area contributed by atoms with Gasteiger partial charge in [0.2, 0.25) is 0 Å². The molecular formula is C20H28INO3. The Morgan fingerprint density at radius 2 is 1.84 bits per heavy atom. The Kier molecular flexibility index (Phi) is 11.2. The summed E-state index contributed by atoms with van der Waals surface area (Å²) in [6, 6.07) is 7.72. The highest BCUT2D eigenvalue weighted by molar-refractivity contribution is 14.1. The van der Waals surface area contributed by atoms with E-state index in [0.29, 0.717) is 6.61 Å². The summed E-state index contributed by atoms with van der Waals surface area (Å²) < 4.78 is 5.83. The molecule has 1 aromatic rings. The van der Waals surface area contributed by atoms with Gasteiger partial charge in [-0.25, -0.2) is 4.79 Å². The van der Waals surface area contributed by atoms with Gasteiger partial charge in [0, 0.05) is 22.7 Å². The van der Waals surface area contributed by atoms with Crippen LogP contribution in [0.25, 0.3) is 0 Å². The Morgan fingerprint density at radius 3 is 2.52 bits per heavy atom. The van der Waals surface area contributed by atoms with Crippen LogP contribution >= 0.6 is 22.6 Å². The van der Waals surface area contributed by atoms with Crippen molar-refractivity contribution >= 4 is 34.5 Å². The van der Waals surface area contributed by atoms with Gasteiger partial charge in [0.15, 0.2) is 0 Å². The second-order valence-corrected chi connectivity index (χ2v) is 6.94. The van der Waals surface area contributed by atoms with E-state index < -0.39 is 0 Å². The quantitative estimate of drug-likeness (QED) is 0.207.